The summed E-state index contributed by atoms with van der Waals surface area (Å²) < 4.78 is 6.57. The summed E-state index contributed by atoms with van der Waals surface area (Å²) in [5.41, 5.74) is 2.70. The molecule has 0 radical (unpaired) electrons. The second-order valence-electron chi connectivity index (χ2n) is 12.9. The Morgan fingerprint density at radius 3 is 2.47 bits per heavy atom. The monoisotopic (exact) mass is 414 g/mol. The number of aliphatic hydroxyl groups excluding tert-OH is 1. The van der Waals surface area contributed by atoms with Crippen molar-refractivity contribution in [2.45, 2.75) is 111 Å². The van der Waals surface area contributed by atoms with Gasteiger partial charge in [-0.15, -0.1) is 0 Å². The highest BCUT2D eigenvalue weighted by molar-refractivity contribution is 5.25. The molecule has 0 aromatic heterocycles. The third kappa shape index (κ3) is 3.18. The van der Waals surface area contributed by atoms with Crippen molar-refractivity contribution in [1.82, 2.24) is 0 Å². The van der Waals surface area contributed by atoms with Crippen LogP contribution in [0.3, 0.4) is 0 Å². The Balaban J connectivity index is 1.30. The minimum atomic E-state index is -0.0907. The third-order valence-corrected chi connectivity index (χ3v) is 11.3. The lowest BCUT2D eigenvalue weighted by Crippen LogP contribution is -2.51. The van der Waals surface area contributed by atoms with E-state index in [1.807, 2.05) is 0 Å². The summed E-state index contributed by atoms with van der Waals surface area (Å²) in [4.78, 5) is 0. The van der Waals surface area contributed by atoms with Gasteiger partial charge in [-0.1, -0.05) is 46.3 Å². The van der Waals surface area contributed by atoms with Gasteiger partial charge < -0.3 is 9.84 Å². The fraction of sp³-hybridized carbons (Fsp3) is 0.929. The maximum Gasteiger partial charge on any atom is 0.0707 e. The molecule has 0 aliphatic heterocycles. The van der Waals surface area contributed by atoms with E-state index < -0.39 is 0 Å². The van der Waals surface area contributed by atoms with Crippen LogP contribution in [0.2, 0.25) is 0 Å². The Bertz CT molecular complexity index is 691. The maximum atomic E-state index is 10.2. The van der Waals surface area contributed by atoms with Crippen molar-refractivity contribution in [2.75, 3.05) is 6.61 Å². The van der Waals surface area contributed by atoms with Gasteiger partial charge in [0.25, 0.3) is 0 Å². The molecule has 0 bridgehead atoms. The van der Waals surface area contributed by atoms with Crippen LogP contribution in [0.5, 0.6) is 0 Å². The lowest BCUT2D eigenvalue weighted by atomic mass is 9.47. The molecule has 1 N–H and O–H groups in total. The highest BCUT2D eigenvalue weighted by Crippen LogP contribution is 2.67. The molecule has 1 unspecified atom stereocenters. The molecule has 0 aromatic rings. The van der Waals surface area contributed by atoms with E-state index in [0.717, 1.165) is 43.1 Å². The van der Waals surface area contributed by atoms with Crippen molar-refractivity contribution in [3.63, 3.8) is 0 Å². The quantitative estimate of drug-likeness (QED) is 0.503. The summed E-state index contributed by atoms with van der Waals surface area (Å²) in [5, 5.41) is 10.2. The van der Waals surface area contributed by atoms with Gasteiger partial charge >= 0.3 is 0 Å². The molecule has 2 nitrogen and oxygen atoms in total. The summed E-state index contributed by atoms with van der Waals surface area (Å²) in [6.07, 6.45) is 15.1. The summed E-state index contributed by atoms with van der Waals surface area (Å²) >= 11 is 0. The molecule has 170 valence electrons. The van der Waals surface area contributed by atoms with Crippen LogP contribution in [0.25, 0.3) is 0 Å². The molecule has 0 aromatic carbocycles. The smallest absolute Gasteiger partial charge is 0.0707 e. The zero-order valence-corrected chi connectivity index (χ0v) is 20.3. The van der Waals surface area contributed by atoms with Crippen LogP contribution < -0.4 is 0 Å². The molecule has 0 heterocycles. The SMILES string of the molecule is CC(C)C1(OC[C@@H](C)C2CC[C@H]3[C@@H]4CC=C5C[C@@H](O)CC[C@]5(C)[C@H]4CC[C@]23C)CC1. The van der Waals surface area contributed by atoms with Crippen LogP contribution in [0.4, 0.5) is 0 Å². The molecule has 0 saturated heterocycles. The Hall–Kier alpha value is -0.340. The molecule has 5 aliphatic rings. The molecule has 5 rings (SSSR count). The average Bonchev–Trinajstić information content (AvgIpc) is 3.42. The Morgan fingerprint density at radius 2 is 1.77 bits per heavy atom. The van der Waals surface area contributed by atoms with Crippen LogP contribution in [0.15, 0.2) is 11.6 Å². The van der Waals surface area contributed by atoms with E-state index in [1.165, 1.54) is 51.4 Å². The fourth-order valence-corrected chi connectivity index (χ4v) is 9.04. The lowest BCUT2D eigenvalue weighted by molar-refractivity contribution is -0.0745. The number of fused-ring (bicyclic) bond motifs is 5. The maximum absolute atomic E-state index is 10.2. The standard InChI is InChI=1S/C28H46O2/c1-18(2)28(14-15-28)30-17-19(3)23-8-9-24-22-7-6-20-16-21(29)10-12-26(20,4)25(22)11-13-27(23,24)5/h6,18-19,21-25,29H,7-17H2,1-5H3/t19-,21+,22+,23?,24+,25+,26+,27-/m1/s1. The number of aliphatic hydroxyl groups is 1. The van der Waals surface area contributed by atoms with Crippen molar-refractivity contribution < 1.29 is 9.84 Å². The van der Waals surface area contributed by atoms with Crippen LogP contribution in [0.1, 0.15) is 98.8 Å². The predicted octanol–water partition coefficient (Wildman–Crippen LogP) is 6.77. The number of hydrogen-bond donors (Lipinski definition) is 1. The highest BCUT2D eigenvalue weighted by Gasteiger charge is 2.59. The van der Waals surface area contributed by atoms with Crippen LogP contribution in [-0.4, -0.2) is 23.4 Å². The second kappa shape index (κ2) is 7.34. The van der Waals surface area contributed by atoms with Crippen molar-refractivity contribution in [3.05, 3.63) is 11.6 Å². The number of hydrogen-bond acceptors (Lipinski definition) is 2. The van der Waals surface area contributed by atoms with Gasteiger partial charge in [-0.2, -0.15) is 0 Å². The van der Waals surface area contributed by atoms with Crippen LogP contribution >= 0.6 is 0 Å². The molecule has 0 amide bonds. The van der Waals surface area contributed by atoms with Gasteiger partial charge in [0.1, 0.15) is 0 Å². The van der Waals surface area contributed by atoms with Gasteiger partial charge in [0.2, 0.25) is 0 Å². The van der Waals surface area contributed by atoms with Crippen molar-refractivity contribution >= 4 is 0 Å². The summed E-state index contributed by atoms with van der Waals surface area (Å²) in [6, 6.07) is 0. The van der Waals surface area contributed by atoms with Gasteiger partial charge in [-0.3, -0.25) is 0 Å². The van der Waals surface area contributed by atoms with Crippen LogP contribution in [-0.2, 0) is 4.74 Å². The largest absolute Gasteiger partial charge is 0.393 e. The fourth-order valence-electron chi connectivity index (χ4n) is 9.04. The first-order valence-electron chi connectivity index (χ1n) is 13.2. The first kappa shape index (κ1) is 21.5. The minimum absolute atomic E-state index is 0.0907. The van der Waals surface area contributed by atoms with E-state index in [1.54, 1.807) is 5.57 Å². The zero-order chi connectivity index (χ0) is 21.3. The van der Waals surface area contributed by atoms with E-state index >= 15 is 0 Å². The normalized spacial score (nSPS) is 47.8. The second-order valence-corrected chi connectivity index (χ2v) is 12.9. The molecule has 4 saturated carbocycles. The van der Waals surface area contributed by atoms with Gasteiger partial charge in [0.15, 0.2) is 0 Å². The highest BCUT2D eigenvalue weighted by atomic mass is 16.5. The molecular formula is C28H46O2. The third-order valence-electron chi connectivity index (χ3n) is 11.3. The van der Waals surface area contributed by atoms with Gasteiger partial charge in [0.05, 0.1) is 18.3 Å². The van der Waals surface area contributed by atoms with Gasteiger partial charge in [0, 0.05) is 0 Å². The molecular weight excluding hydrogens is 368 g/mol. The van der Waals surface area contributed by atoms with Crippen LogP contribution in [0, 0.1) is 46.3 Å². The topological polar surface area (TPSA) is 29.5 Å². The molecule has 30 heavy (non-hydrogen) atoms. The van der Waals surface area contributed by atoms with Gasteiger partial charge in [-0.05, 0) is 111 Å². The van der Waals surface area contributed by atoms with E-state index in [-0.39, 0.29) is 11.7 Å². The minimum Gasteiger partial charge on any atom is -0.393 e. The average molecular weight is 415 g/mol. The van der Waals surface area contributed by atoms with E-state index in [9.17, 15) is 5.11 Å². The number of rotatable bonds is 5. The number of allylic oxidation sites excluding steroid dienone is 1. The Kier molecular flexibility index (Phi) is 5.26. The molecule has 2 heteroatoms. The number of ether oxygens (including phenoxy) is 1. The molecule has 5 aliphatic carbocycles. The molecule has 0 spiro atoms. The summed E-state index contributed by atoms with van der Waals surface area (Å²) in [6.45, 7) is 13.3. The first-order valence-corrected chi connectivity index (χ1v) is 13.2. The van der Waals surface area contributed by atoms with E-state index in [2.05, 4.69) is 40.7 Å². The van der Waals surface area contributed by atoms with Crippen molar-refractivity contribution in [3.8, 4) is 0 Å². The van der Waals surface area contributed by atoms with Crippen molar-refractivity contribution in [2.24, 2.45) is 46.3 Å². The first-order chi connectivity index (χ1) is 14.2. The molecule has 4 fully saturated rings. The van der Waals surface area contributed by atoms with E-state index in [0.29, 0.717) is 22.7 Å². The Morgan fingerprint density at radius 1 is 1.00 bits per heavy atom. The van der Waals surface area contributed by atoms with Crippen molar-refractivity contribution in [1.29, 1.82) is 0 Å². The van der Waals surface area contributed by atoms with E-state index in [4.69, 9.17) is 4.74 Å². The zero-order valence-electron chi connectivity index (χ0n) is 20.3. The Labute approximate surface area is 185 Å². The summed E-state index contributed by atoms with van der Waals surface area (Å²) in [5.74, 6) is 4.79. The van der Waals surface area contributed by atoms with Gasteiger partial charge in [-0.25, -0.2) is 0 Å². The lowest BCUT2D eigenvalue weighted by Gasteiger charge is -2.58. The molecule has 8 atom stereocenters. The predicted molar refractivity (Wildman–Crippen MR) is 123 cm³/mol. The summed E-state index contributed by atoms with van der Waals surface area (Å²) in [7, 11) is 0.